The second-order valence-corrected chi connectivity index (χ2v) is 3.45. The maximum atomic E-state index is 11.1. The largest absolute Gasteiger partial charge is 0.465 e. The number of cyclic esters (lactones) is 1. The summed E-state index contributed by atoms with van der Waals surface area (Å²) in [5, 5.41) is 3.11. The Hall–Kier alpha value is -0.610. The van der Waals surface area contributed by atoms with Gasteiger partial charge < -0.3 is 10.1 Å². The van der Waals surface area contributed by atoms with Gasteiger partial charge in [-0.3, -0.25) is 9.69 Å². The molecule has 1 saturated heterocycles. The van der Waals surface area contributed by atoms with E-state index < -0.39 is 0 Å². The van der Waals surface area contributed by atoms with Crippen LogP contribution in [-0.2, 0) is 9.53 Å². The maximum absolute atomic E-state index is 11.1. The van der Waals surface area contributed by atoms with Crippen LogP contribution in [0, 0.1) is 0 Å². The van der Waals surface area contributed by atoms with Crippen LogP contribution in [0.25, 0.3) is 0 Å². The number of nitrogens with zero attached hydrogens (tertiary/aromatic N) is 1. The molecule has 13 heavy (non-hydrogen) atoms. The Kier molecular flexibility index (Phi) is 4.18. The summed E-state index contributed by atoms with van der Waals surface area (Å²) >= 11 is 0. The third-order valence-electron chi connectivity index (χ3n) is 2.31. The first-order valence-corrected chi connectivity index (χ1v) is 4.78. The van der Waals surface area contributed by atoms with Crippen LogP contribution in [0.15, 0.2) is 0 Å². The van der Waals surface area contributed by atoms with Gasteiger partial charge in [0.2, 0.25) is 0 Å². The highest BCUT2D eigenvalue weighted by molar-refractivity contribution is 5.71. The molecule has 0 aromatic rings. The van der Waals surface area contributed by atoms with Crippen molar-refractivity contribution in [2.45, 2.75) is 19.4 Å². The van der Waals surface area contributed by atoms with Crippen molar-refractivity contribution in [2.24, 2.45) is 0 Å². The molecule has 1 rings (SSSR count). The van der Waals surface area contributed by atoms with Crippen LogP contribution >= 0.6 is 0 Å². The Morgan fingerprint density at radius 1 is 1.69 bits per heavy atom. The minimum absolute atomic E-state index is 0.0968. The van der Waals surface area contributed by atoms with Crippen molar-refractivity contribution in [3.8, 4) is 0 Å². The predicted octanol–water partition coefficient (Wildman–Crippen LogP) is -0.157. The fraction of sp³-hybridized carbons (Fsp3) is 0.889. The van der Waals surface area contributed by atoms with Gasteiger partial charge in [-0.15, -0.1) is 0 Å². The van der Waals surface area contributed by atoms with Gasteiger partial charge >= 0.3 is 5.97 Å². The number of rotatable bonds is 3. The number of carbonyl (C=O) groups is 1. The van der Waals surface area contributed by atoms with E-state index >= 15 is 0 Å². The topological polar surface area (TPSA) is 41.6 Å². The van der Waals surface area contributed by atoms with Crippen LogP contribution in [0.2, 0.25) is 0 Å². The van der Waals surface area contributed by atoms with Crippen LogP contribution in [0.3, 0.4) is 0 Å². The quantitative estimate of drug-likeness (QED) is 0.622. The fourth-order valence-corrected chi connectivity index (χ4v) is 1.54. The first kappa shape index (κ1) is 10.5. The van der Waals surface area contributed by atoms with Crippen LogP contribution in [0.1, 0.15) is 13.3 Å². The molecule has 1 aliphatic rings. The highest BCUT2D eigenvalue weighted by atomic mass is 16.5. The molecular weight excluding hydrogens is 168 g/mol. The van der Waals surface area contributed by atoms with Crippen molar-refractivity contribution in [1.29, 1.82) is 0 Å². The second-order valence-electron chi connectivity index (χ2n) is 3.45. The van der Waals surface area contributed by atoms with E-state index in [-0.39, 0.29) is 5.97 Å². The molecule has 0 aromatic carbocycles. The van der Waals surface area contributed by atoms with Gasteiger partial charge in [0.25, 0.3) is 0 Å². The summed E-state index contributed by atoms with van der Waals surface area (Å²) in [6.45, 7) is 4.99. The van der Waals surface area contributed by atoms with Crippen molar-refractivity contribution >= 4 is 5.97 Å². The predicted molar refractivity (Wildman–Crippen MR) is 50.5 cm³/mol. The number of nitrogens with one attached hydrogen (secondary N) is 1. The van der Waals surface area contributed by atoms with E-state index in [9.17, 15) is 4.79 Å². The Morgan fingerprint density at radius 2 is 2.46 bits per heavy atom. The molecule has 1 heterocycles. The van der Waals surface area contributed by atoms with Crippen molar-refractivity contribution in [1.82, 2.24) is 10.2 Å². The molecule has 0 saturated carbocycles. The number of carbonyl (C=O) groups excluding carboxylic acids is 1. The highest BCUT2D eigenvalue weighted by Crippen LogP contribution is 2.04. The lowest BCUT2D eigenvalue weighted by molar-refractivity contribution is -0.143. The zero-order valence-corrected chi connectivity index (χ0v) is 8.38. The van der Waals surface area contributed by atoms with E-state index in [1.807, 2.05) is 7.05 Å². The third kappa shape index (κ3) is 3.32. The molecule has 0 aliphatic carbocycles. The van der Waals surface area contributed by atoms with Gasteiger partial charge in [0, 0.05) is 19.1 Å². The van der Waals surface area contributed by atoms with Gasteiger partial charge in [-0.2, -0.15) is 0 Å². The smallest absolute Gasteiger partial charge is 0.320 e. The van der Waals surface area contributed by atoms with Crippen molar-refractivity contribution in [3.05, 3.63) is 0 Å². The van der Waals surface area contributed by atoms with Gasteiger partial charge in [0.15, 0.2) is 0 Å². The fourth-order valence-electron chi connectivity index (χ4n) is 1.54. The number of likely N-dealkylation sites (N-methyl/N-ethyl adjacent to an activating group) is 1. The summed E-state index contributed by atoms with van der Waals surface area (Å²) in [4.78, 5) is 13.3. The molecule has 0 spiro atoms. The zero-order chi connectivity index (χ0) is 9.68. The third-order valence-corrected chi connectivity index (χ3v) is 2.31. The first-order valence-electron chi connectivity index (χ1n) is 4.78. The van der Waals surface area contributed by atoms with Gasteiger partial charge in [0.1, 0.15) is 0 Å². The summed E-state index contributed by atoms with van der Waals surface area (Å²) in [6.07, 6.45) is 0.944. The summed E-state index contributed by atoms with van der Waals surface area (Å²) < 4.78 is 4.96. The van der Waals surface area contributed by atoms with Crippen molar-refractivity contribution in [3.63, 3.8) is 0 Å². The van der Waals surface area contributed by atoms with Crippen molar-refractivity contribution < 1.29 is 9.53 Å². The lowest BCUT2D eigenvalue weighted by Crippen LogP contribution is -2.41. The average Bonchev–Trinajstić information content (AvgIpc) is 2.30. The summed E-state index contributed by atoms with van der Waals surface area (Å²) in [5.74, 6) is -0.0968. The molecule has 1 fully saturated rings. The number of ether oxygens (including phenoxy) is 1. The van der Waals surface area contributed by atoms with E-state index in [1.165, 1.54) is 0 Å². The minimum atomic E-state index is -0.0968. The SMILES string of the molecule is CNCC(C)N1CCCOC(=O)C1. The molecule has 0 amide bonds. The van der Waals surface area contributed by atoms with Gasteiger partial charge in [-0.25, -0.2) is 0 Å². The van der Waals surface area contributed by atoms with Crippen LogP contribution in [0.4, 0.5) is 0 Å². The molecule has 4 heteroatoms. The van der Waals surface area contributed by atoms with Gasteiger partial charge in [-0.1, -0.05) is 0 Å². The van der Waals surface area contributed by atoms with Crippen LogP contribution in [0.5, 0.6) is 0 Å². The van der Waals surface area contributed by atoms with Gasteiger partial charge in [-0.05, 0) is 20.4 Å². The number of hydrogen-bond donors (Lipinski definition) is 1. The Bertz CT molecular complexity index is 173. The molecule has 76 valence electrons. The normalized spacial score (nSPS) is 22.2. The summed E-state index contributed by atoms with van der Waals surface area (Å²) in [7, 11) is 1.92. The molecule has 0 radical (unpaired) electrons. The summed E-state index contributed by atoms with van der Waals surface area (Å²) in [5.41, 5.74) is 0. The Balaban J connectivity index is 2.42. The van der Waals surface area contributed by atoms with E-state index in [4.69, 9.17) is 4.74 Å². The maximum Gasteiger partial charge on any atom is 0.320 e. The van der Waals surface area contributed by atoms with Crippen molar-refractivity contribution in [2.75, 3.05) is 33.3 Å². The molecule has 1 N–H and O–H groups in total. The zero-order valence-electron chi connectivity index (χ0n) is 8.38. The molecule has 0 aromatic heterocycles. The Morgan fingerprint density at radius 3 is 3.15 bits per heavy atom. The average molecular weight is 186 g/mol. The molecule has 4 nitrogen and oxygen atoms in total. The molecule has 1 aliphatic heterocycles. The second kappa shape index (κ2) is 5.19. The lowest BCUT2D eigenvalue weighted by atomic mass is 10.2. The first-order chi connectivity index (χ1) is 6.24. The Labute approximate surface area is 79.2 Å². The van der Waals surface area contributed by atoms with Gasteiger partial charge in [0.05, 0.1) is 13.2 Å². The molecular formula is C9H18N2O2. The van der Waals surface area contributed by atoms with E-state index in [2.05, 4.69) is 17.1 Å². The molecule has 0 bridgehead atoms. The summed E-state index contributed by atoms with van der Waals surface area (Å²) in [6, 6.07) is 0.399. The monoisotopic (exact) mass is 186 g/mol. The number of hydrogen-bond acceptors (Lipinski definition) is 4. The van der Waals surface area contributed by atoms with E-state index in [1.54, 1.807) is 0 Å². The lowest BCUT2D eigenvalue weighted by Gasteiger charge is -2.25. The van der Waals surface area contributed by atoms with E-state index in [0.29, 0.717) is 19.2 Å². The van der Waals surface area contributed by atoms with Crippen LogP contribution in [-0.4, -0.2) is 50.2 Å². The van der Waals surface area contributed by atoms with Crippen LogP contribution < -0.4 is 5.32 Å². The van der Waals surface area contributed by atoms with E-state index in [0.717, 1.165) is 19.5 Å². The number of esters is 1. The highest BCUT2D eigenvalue weighted by Gasteiger charge is 2.19. The molecule has 1 unspecified atom stereocenters. The standard InChI is InChI=1S/C9H18N2O2/c1-8(6-10-2)11-4-3-5-13-9(12)7-11/h8,10H,3-7H2,1-2H3. The minimum Gasteiger partial charge on any atom is -0.465 e. The molecule has 1 atom stereocenters.